The van der Waals surface area contributed by atoms with Gasteiger partial charge >= 0.3 is 0 Å². The predicted octanol–water partition coefficient (Wildman–Crippen LogP) is 4.06. The van der Waals surface area contributed by atoms with Crippen LogP contribution < -0.4 is 10.1 Å². The molecular formula is C17H25NO2. The maximum atomic E-state index is 6.01. The molecule has 0 aliphatic carbocycles. The lowest BCUT2D eigenvalue weighted by Gasteiger charge is -2.05. The summed E-state index contributed by atoms with van der Waals surface area (Å²) in [5.41, 5.74) is 3.35. The van der Waals surface area contributed by atoms with Gasteiger partial charge in [0.25, 0.3) is 0 Å². The van der Waals surface area contributed by atoms with E-state index in [4.69, 9.17) is 9.15 Å². The number of hydrogen-bond acceptors (Lipinski definition) is 3. The van der Waals surface area contributed by atoms with Crippen LogP contribution in [-0.2, 0) is 13.0 Å². The van der Waals surface area contributed by atoms with Gasteiger partial charge in [0.2, 0.25) is 0 Å². The number of rotatable bonds is 6. The molecule has 0 fully saturated rings. The van der Waals surface area contributed by atoms with Gasteiger partial charge < -0.3 is 14.5 Å². The third kappa shape index (κ3) is 2.98. The second-order valence-corrected chi connectivity index (χ2v) is 5.70. The molecule has 0 aliphatic heterocycles. The van der Waals surface area contributed by atoms with Crippen molar-refractivity contribution in [2.24, 2.45) is 5.92 Å². The SMILES string of the molecule is CCc1cc(OC)c2oc(CNCC(C)C)c(C)c2c1. The molecule has 0 aliphatic rings. The average molecular weight is 275 g/mol. The molecule has 1 aromatic carbocycles. The maximum absolute atomic E-state index is 6.01. The van der Waals surface area contributed by atoms with Gasteiger partial charge in [-0.25, -0.2) is 0 Å². The number of ether oxygens (including phenoxy) is 1. The molecule has 0 amide bonds. The monoisotopic (exact) mass is 275 g/mol. The lowest BCUT2D eigenvalue weighted by atomic mass is 10.1. The van der Waals surface area contributed by atoms with Crippen LogP contribution in [0, 0.1) is 12.8 Å². The number of methoxy groups -OCH3 is 1. The summed E-state index contributed by atoms with van der Waals surface area (Å²) < 4.78 is 11.5. The normalized spacial score (nSPS) is 11.5. The molecule has 0 unspecified atom stereocenters. The first kappa shape index (κ1) is 14.9. The van der Waals surface area contributed by atoms with Crippen LogP contribution >= 0.6 is 0 Å². The second kappa shape index (κ2) is 6.31. The second-order valence-electron chi connectivity index (χ2n) is 5.70. The van der Waals surface area contributed by atoms with E-state index in [1.165, 1.54) is 16.5 Å². The summed E-state index contributed by atoms with van der Waals surface area (Å²) in [5.74, 6) is 2.48. The van der Waals surface area contributed by atoms with Gasteiger partial charge in [-0.3, -0.25) is 0 Å². The van der Waals surface area contributed by atoms with E-state index in [9.17, 15) is 0 Å². The smallest absolute Gasteiger partial charge is 0.176 e. The highest BCUT2D eigenvalue weighted by Crippen LogP contribution is 2.34. The van der Waals surface area contributed by atoms with Crippen LogP contribution in [0.5, 0.6) is 5.75 Å². The first-order valence-corrected chi connectivity index (χ1v) is 7.36. The molecule has 3 heteroatoms. The van der Waals surface area contributed by atoms with Crippen LogP contribution in [0.25, 0.3) is 11.0 Å². The fourth-order valence-electron chi connectivity index (χ4n) is 2.39. The molecule has 0 atom stereocenters. The summed E-state index contributed by atoms with van der Waals surface area (Å²) in [6.45, 7) is 10.4. The Bertz CT molecular complexity index is 584. The highest BCUT2D eigenvalue weighted by Gasteiger charge is 2.15. The number of furan rings is 1. The molecule has 1 N–H and O–H groups in total. The molecule has 3 nitrogen and oxygen atoms in total. The lowest BCUT2D eigenvalue weighted by Crippen LogP contribution is -2.18. The minimum atomic E-state index is 0.640. The molecule has 0 spiro atoms. The molecule has 20 heavy (non-hydrogen) atoms. The van der Waals surface area contributed by atoms with Crippen LogP contribution in [0.1, 0.15) is 37.7 Å². The Balaban J connectivity index is 2.36. The molecule has 110 valence electrons. The average Bonchev–Trinajstić information content (AvgIpc) is 2.74. The molecule has 0 saturated carbocycles. The maximum Gasteiger partial charge on any atom is 0.176 e. The molecule has 2 rings (SSSR count). The first-order valence-electron chi connectivity index (χ1n) is 7.36. The number of benzene rings is 1. The number of fused-ring (bicyclic) bond motifs is 1. The Morgan fingerprint density at radius 2 is 2.05 bits per heavy atom. The van der Waals surface area contributed by atoms with Crippen molar-refractivity contribution in [2.45, 2.75) is 40.7 Å². The van der Waals surface area contributed by atoms with Gasteiger partial charge in [-0.1, -0.05) is 20.8 Å². The fraction of sp³-hybridized carbons (Fsp3) is 0.529. The van der Waals surface area contributed by atoms with Crippen molar-refractivity contribution in [1.82, 2.24) is 5.32 Å². The quantitative estimate of drug-likeness (QED) is 0.863. The van der Waals surface area contributed by atoms with Gasteiger partial charge in [-0.15, -0.1) is 0 Å². The van der Waals surface area contributed by atoms with Crippen molar-refractivity contribution in [2.75, 3.05) is 13.7 Å². The molecule has 2 aromatic rings. The topological polar surface area (TPSA) is 34.4 Å². The highest BCUT2D eigenvalue weighted by atomic mass is 16.5. The molecule has 0 bridgehead atoms. The Labute approximate surface area is 121 Å². The van der Waals surface area contributed by atoms with Crippen LogP contribution in [0.2, 0.25) is 0 Å². The highest BCUT2D eigenvalue weighted by molar-refractivity contribution is 5.88. The Kier molecular flexibility index (Phi) is 4.71. The van der Waals surface area contributed by atoms with Crippen LogP contribution in [-0.4, -0.2) is 13.7 Å². The number of nitrogens with one attached hydrogen (secondary N) is 1. The molecule has 0 radical (unpaired) electrons. The Morgan fingerprint density at radius 3 is 2.65 bits per heavy atom. The van der Waals surface area contributed by atoms with Crippen molar-refractivity contribution >= 4 is 11.0 Å². The van der Waals surface area contributed by atoms with E-state index in [0.717, 1.165) is 36.6 Å². The molecule has 0 saturated heterocycles. The van der Waals surface area contributed by atoms with Crippen molar-refractivity contribution in [3.63, 3.8) is 0 Å². The van der Waals surface area contributed by atoms with Crippen LogP contribution in [0.3, 0.4) is 0 Å². The van der Waals surface area contributed by atoms with Crippen molar-refractivity contribution in [1.29, 1.82) is 0 Å². The van der Waals surface area contributed by atoms with E-state index >= 15 is 0 Å². The van der Waals surface area contributed by atoms with Gasteiger partial charge in [-0.05, 0) is 49.1 Å². The van der Waals surface area contributed by atoms with E-state index < -0.39 is 0 Å². The van der Waals surface area contributed by atoms with Crippen LogP contribution in [0.4, 0.5) is 0 Å². The molecule has 1 aromatic heterocycles. The summed E-state index contributed by atoms with van der Waals surface area (Å²) in [4.78, 5) is 0. The summed E-state index contributed by atoms with van der Waals surface area (Å²) in [6, 6.07) is 4.28. The Morgan fingerprint density at radius 1 is 1.30 bits per heavy atom. The largest absolute Gasteiger partial charge is 0.493 e. The molecular weight excluding hydrogens is 250 g/mol. The third-order valence-corrected chi connectivity index (χ3v) is 3.63. The summed E-state index contributed by atoms with van der Waals surface area (Å²) in [7, 11) is 1.70. The van der Waals surface area contributed by atoms with Crippen molar-refractivity contribution in [3.05, 3.63) is 29.0 Å². The van der Waals surface area contributed by atoms with E-state index in [0.29, 0.717) is 5.92 Å². The molecule has 1 heterocycles. The van der Waals surface area contributed by atoms with E-state index in [2.05, 4.69) is 45.1 Å². The van der Waals surface area contributed by atoms with Crippen molar-refractivity contribution in [3.8, 4) is 5.75 Å². The van der Waals surface area contributed by atoms with Gasteiger partial charge in [0.05, 0.1) is 13.7 Å². The first-order chi connectivity index (χ1) is 9.56. The van der Waals surface area contributed by atoms with E-state index in [-0.39, 0.29) is 0 Å². The summed E-state index contributed by atoms with van der Waals surface area (Å²) in [6.07, 6.45) is 0.998. The van der Waals surface area contributed by atoms with Gasteiger partial charge in [0.15, 0.2) is 11.3 Å². The van der Waals surface area contributed by atoms with E-state index in [1.54, 1.807) is 7.11 Å². The zero-order chi connectivity index (χ0) is 14.7. The van der Waals surface area contributed by atoms with Gasteiger partial charge in [0, 0.05) is 5.39 Å². The lowest BCUT2D eigenvalue weighted by molar-refractivity contribution is 0.404. The summed E-state index contributed by atoms with van der Waals surface area (Å²) in [5, 5.41) is 4.60. The predicted molar refractivity (Wildman–Crippen MR) is 83.4 cm³/mol. The zero-order valence-corrected chi connectivity index (χ0v) is 13.2. The summed E-state index contributed by atoms with van der Waals surface area (Å²) >= 11 is 0. The van der Waals surface area contributed by atoms with Gasteiger partial charge in [-0.2, -0.15) is 0 Å². The minimum Gasteiger partial charge on any atom is -0.493 e. The van der Waals surface area contributed by atoms with Crippen molar-refractivity contribution < 1.29 is 9.15 Å². The standard InChI is InChI=1S/C17H25NO2/c1-6-13-7-14-12(4)16(10-18-9-11(2)3)20-17(14)15(8-13)19-5/h7-8,11,18H,6,9-10H2,1-5H3. The minimum absolute atomic E-state index is 0.640. The van der Waals surface area contributed by atoms with E-state index in [1.807, 2.05) is 0 Å². The number of hydrogen-bond donors (Lipinski definition) is 1. The number of aryl methyl sites for hydroxylation is 2. The Hall–Kier alpha value is -1.48. The van der Waals surface area contributed by atoms with Crippen LogP contribution in [0.15, 0.2) is 16.5 Å². The fourth-order valence-corrected chi connectivity index (χ4v) is 2.39. The third-order valence-electron chi connectivity index (χ3n) is 3.63. The van der Waals surface area contributed by atoms with Gasteiger partial charge in [0.1, 0.15) is 5.76 Å². The zero-order valence-electron chi connectivity index (χ0n) is 13.2.